The van der Waals surface area contributed by atoms with E-state index >= 15 is 0 Å². The van der Waals surface area contributed by atoms with Gasteiger partial charge in [0.1, 0.15) is 11.4 Å². The van der Waals surface area contributed by atoms with Crippen LogP contribution in [0, 0.1) is 0 Å². The van der Waals surface area contributed by atoms with Crippen molar-refractivity contribution < 1.29 is 18.8 Å². The third-order valence-corrected chi connectivity index (χ3v) is 4.79. The van der Waals surface area contributed by atoms with E-state index in [0.717, 1.165) is 17.7 Å². The summed E-state index contributed by atoms with van der Waals surface area (Å²) in [5.74, 6) is 0.436. The van der Waals surface area contributed by atoms with Crippen molar-refractivity contribution in [1.82, 2.24) is 5.32 Å². The molecule has 21 heavy (non-hydrogen) atoms. The molecule has 0 fully saturated rings. The Morgan fingerprint density at radius 2 is 2.19 bits per heavy atom. The molecular formula is C15H21NO4S. The first-order valence-electron chi connectivity index (χ1n) is 6.95. The lowest BCUT2D eigenvalue weighted by Crippen LogP contribution is -2.54. The lowest BCUT2D eigenvalue weighted by atomic mass is 9.89. The van der Waals surface area contributed by atoms with E-state index < -0.39 is 22.4 Å². The fourth-order valence-electron chi connectivity index (χ4n) is 2.38. The van der Waals surface area contributed by atoms with Gasteiger partial charge in [0.2, 0.25) is 0 Å². The van der Waals surface area contributed by atoms with E-state index in [4.69, 9.17) is 9.84 Å². The van der Waals surface area contributed by atoms with E-state index in [9.17, 15) is 9.00 Å². The Bertz CT molecular complexity index is 544. The summed E-state index contributed by atoms with van der Waals surface area (Å²) in [4.78, 5) is 10.5. The highest BCUT2D eigenvalue weighted by molar-refractivity contribution is 7.84. The second-order valence-electron chi connectivity index (χ2n) is 5.71. The fourth-order valence-corrected chi connectivity index (χ4v) is 3.31. The van der Waals surface area contributed by atoms with Crippen molar-refractivity contribution >= 4 is 16.8 Å². The van der Waals surface area contributed by atoms with Crippen molar-refractivity contribution in [3.8, 4) is 5.75 Å². The van der Waals surface area contributed by atoms with Crippen LogP contribution in [0.1, 0.15) is 25.8 Å². The second-order valence-corrected chi connectivity index (χ2v) is 7.28. The molecule has 2 unspecified atom stereocenters. The quantitative estimate of drug-likeness (QED) is 0.833. The first-order valence-corrected chi connectivity index (χ1v) is 8.44. The predicted molar refractivity (Wildman–Crippen MR) is 81.9 cm³/mol. The van der Waals surface area contributed by atoms with Crippen molar-refractivity contribution in [2.75, 3.05) is 11.6 Å². The largest absolute Gasteiger partial charge is 0.486 e. The van der Waals surface area contributed by atoms with Gasteiger partial charge in [0.15, 0.2) is 0 Å². The van der Waals surface area contributed by atoms with E-state index in [1.54, 1.807) is 0 Å². The summed E-state index contributed by atoms with van der Waals surface area (Å²) in [5, 5.41) is 11.9. The molecule has 0 aliphatic carbocycles. The van der Waals surface area contributed by atoms with Gasteiger partial charge in [-0.2, -0.15) is 0 Å². The molecule has 5 nitrogen and oxygen atoms in total. The van der Waals surface area contributed by atoms with Gasteiger partial charge in [0, 0.05) is 16.6 Å². The predicted octanol–water partition coefficient (Wildman–Crippen LogP) is 1.54. The smallest absolute Gasteiger partial charge is 0.304 e. The Morgan fingerprint density at radius 1 is 1.48 bits per heavy atom. The van der Waals surface area contributed by atoms with Gasteiger partial charge in [-0.3, -0.25) is 14.3 Å². The van der Waals surface area contributed by atoms with Crippen LogP contribution in [0.2, 0.25) is 0 Å². The summed E-state index contributed by atoms with van der Waals surface area (Å²) in [6.45, 7) is 4.00. The summed E-state index contributed by atoms with van der Waals surface area (Å²) in [6.07, 6.45) is 0.737. The molecule has 2 atom stereocenters. The van der Waals surface area contributed by atoms with Crippen molar-refractivity contribution in [1.29, 1.82) is 0 Å². The van der Waals surface area contributed by atoms with Gasteiger partial charge in [-0.15, -0.1) is 0 Å². The van der Waals surface area contributed by atoms with Crippen LogP contribution in [0.25, 0.3) is 0 Å². The number of carbonyl (C=O) groups is 1. The number of carboxylic acid groups (broad SMARTS) is 1. The number of rotatable bonds is 6. The lowest BCUT2D eigenvalue weighted by molar-refractivity contribution is -0.136. The van der Waals surface area contributed by atoms with Gasteiger partial charge in [-0.05, 0) is 31.9 Å². The van der Waals surface area contributed by atoms with E-state index in [0.29, 0.717) is 0 Å². The van der Waals surface area contributed by atoms with Crippen LogP contribution in [-0.4, -0.2) is 38.6 Å². The summed E-state index contributed by atoms with van der Waals surface area (Å²) in [6, 6.07) is 7.95. The summed E-state index contributed by atoms with van der Waals surface area (Å²) < 4.78 is 17.8. The molecule has 2 N–H and O–H groups in total. The minimum Gasteiger partial charge on any atom is -0.486 e. The summed E-state index contributed by atoms with van der Waals surface area (Å²) in [7, 11) is -1.18. The summed E-state index contributed by atoms with van der Waals surface area (Å²) >= 11 is 0. The molecule has 1 aromatic rings. The lowest BCUT2D eigenvalue weighted by Gasteiger charge is -2.40. The van der Waals surface area contributed by atoms with Crippen LogP contribution in [-0.2, 0) is 22.0 Å². The zero-order chi connectivity index (χ0) is 15.5. The molecule has 1 aliphatic heterocycles. The highest BCUT2D eigenvalue weighted by atomic mass is 32.2. The first-order chi connectivity index (χ1) is 9.88. The molecule has 1 heterocycles. The maximum absolute atomic E-state index is 11.8. The number of aliphatic carboxylic acids is 1. The molecule has 1 aliphatic rings. The van der Waals surface area contributed by atoms with Crippen molar-refractivity contribution in [2.24, 2.45) is 0 Å². The number of benzene rings is 1. The van der Waals surface area contributed by atoms with Gasteiger partial charge in [0.05, 0.1) is 18.3 Å². The zero-order valence-electron chi connectivity index (χ0n) is 12.3. The molecule has 6 heteroatoms. The third-order valence-electron chi connectivity index (χ3n) is 3.64. The van der Waals surface area contributed by atoms with E-state index in [1.165, 1.54) is 0 Å². The monoisotopic (exact) mass is 311 g/mol. The van der Waals surface area contributed by atoms with Gasteiger partial charge < -0.3 is 9.84 Å². The van der Waals surface area contributed by atoms with Gasteiger partial charge in [-0.1, -0.05) is 18.2 Å². The molecule has 0 spiro atoms. The van der Waals surface area contributed by atoms with Crippen LogP contribution in [0.4, 0.5) is 0 Å². The Morgan fingerprint density at radius 3 is 2.90 bits per heavy atom. The second kappa shape index (κ2) is 6.58. The third kappa shape index (κ3) is 4.28. The minimum atomic E-state index is -1.18. The van der Waals surface area contributed by atoms with E-state index in [2.05, 4.69) is 5.32 Å². The maximum atomic E-state index is 11.8. The van der Waals surface area contributed by atoms with Gasteiger partial charge in [0.25, 0.3) is 0 Å². The molecule has 2 rings (SSSR count). The number of para-hydroxylation sites is 1. The fraction of sp³-hybridized carbons (Fsp3) is 0.533. The van der Waals surface area contributed by atoms with E-state index in [1.807, 2.05) is 38.1 Å². The minimum absolute atomic E-state index is 0.0428. The van der Waals surface area contributed by atoms with E-state index in [-0.39, 0.29) is 24.1 Å². The molecule has 0 amide bonds. The Kier molecular flexibility index (Phi) is 5.00. The SMILES string of the molecule is CC1(C)Oc2ccccc2CC1NCS(=O)CCC(=O)O. The van der Waals surface area contributed by atoms with Crippen LogP contribution in [0.3, 0.4) is 0 Å². The first kappa shape index (κ1) is 16.0. The van der Waals surface area contributed by atoms with Crippen LogP contribution in [0.5, 0.6) is 5.75 Å². The number of ether oxygens (including phenoxy) is 1. The average molecular weight is 311 g/mol. The van der Waals surface area contributed by atoms with Crippen LogP contribution in [0.15, 0.2) is 24.3 Å². The maximum Gasteiger partial charge on any atom is 0.304 e. The number of carboxylic acids is 1. The molecule has 0 saturated heterocycles. The molecule has 0 radical (unpaired) electrons. The number of hydrogen-bond acceptors (Lipinski definition) is 4. The number of hydrogen-bond donors (Lipinski definition) is 2. The summed E-state index contributed by atoms with van der Waals surface area (Å²) in [5.41, 5.74) is 0.733. The van der Waals surface area contributed by atoms with Crippen molar-refractivity contribution in [3.05, 3.63) is 29.8 Å². The number of fused-ring (bicyclic) bond motifs is 1. The van der Waals surface area contributed by atoms with Gasteiger partial charge >= 0.3 is 5.97 Å². The molecule has 1 aromatic carbocycles. The Balaban J connectivity index is 1.94. The Hall–Kier alpha value is -1.40. The van der Waals surface area contributed by atoms with Crippen LogP contribution >= 0.6 is 0 Å². The standard InChI is InChI=1S/C15H21NO4S/c1-15(2)13(16-10-21(19)8-7-14(17)18)9-11-5-3-4-6-12(11)20-15/h3-6,13,16H,7-10H2,1-2H3,(H,17,18). The Labute approximate surface area is 127 Å². The highest BCUT2D eigenvalue weighted by Gasteiger charge is 2.36. The molecule has 0 aromatic heterocycles. The van der Waals surface area contributed by atoms with Crippen molar-refractivity contribution in [2.45, 2.75) is 38.3 Å². The molecule has 0 saturated carbocycles. The normalized spacial score (nSPS) is 21.1. The molecule has 0 bridgehead atoms. The van der Waals surface area contributed by atoms with Gasteiger partial charge in [-0.25, -0.2) is 0 Å². The van der Waals surface area contributed by atoms with Crippen LogP contribution < -0.4 is 10.1 Å². The average Bonchev–Trinajstić information content (AvgIpc) is 2.42. The topological polar surface area (TPSA) is 75.6 Å². The molecular weight excluding hydrogens is 290 g/mol. The molecule has 116 valence electrons. The number of nitrogens with one attached hydrogen (secondary N) is 1. The highest BCUT2D eigenvalue weighted by Crippen LogP contribution is 2.32. The van der Waals surface area contributed by atoms with Crippen molar-refractivity contribution in [3.63, 3.8) is 0 Å². The zero-order valence-corrected chi connectivity index (χ0v) is 13.1.